The van der Waals surface area contributed by atoms with Crippen molar-refractivity contribution in [2.45, 2.75) is 26.2 Å². The monoisotopic (exact) mass is 312 g/mol. The molecule has 0 heterocycles. The molecule has 4 heteroatoms. The van der Waals surface area contributed by atoms with Crippen LogP contribution in [0.2, 0.25) is 0 Å². The van der Waals surface area contributed by atoms with E-state index < -0.39 is 0 Å². The van der Waals surface area contributed by atoms with Gasteiger partial charge in [-0.25, -0.2) is 0 Å². The van der Waals surface area contributed by atoms with Crippen LogP contribution in [0.15, 0.2) is 22.7 Å². The molecule has 0 spiro atoms. The number of carbonyl (C=O) groups excluding carboxylic acids is 1. The third-order valence-electron chi connectivity index (χ3n) is 2.99. The molecule has 18 heavy (non-hydrogen) atoms. The summed E-state index contributed by atoms with van der Waals surface area (Å²) in [6.45, 7) is 7.36. The molecule has 3 nitrogen and oxygen atoms in total. The topological polar surface area (TPSA) is 41.1 Å². The van der Waals surface area contributed by atoms with E-state index in [1.807, 2.05) is 6.07 Å². The average Bonchev–Trinajstić information content (AvgIpc) is 2.30. The van der Waals surface area contributed by atoms with Crippen molar-refractivity contribution in [2.24, 2.45) is 0 Å². The summed E-state index contributed by atoms with van der Waals surface area (Å²) < 4.78 is 1.07. The zero-order chi connectivity index (χ0) is 13.8. The minimum Gasteiger partial charge on any atom is -0.354 e. The van der Waals surface area contributed by atoms with E-state index >= 15 is 0 Å². The summed E-state index contributed by atoms with van der Waals surface area (Å²) in [5, 5.41) is 5.80. The van der Waals surface area contributed by atoms with E-state index in [1.54, 1.807) is 7.05 Å². The molecule has 0 unspecified atom stereocenters. The van der Waals surface area contributed by atoms with Gasteiger partial charge in [-0.2, -0.15) is 0 Å². The van der Waals surface area contributed by atoms with Crippen LogP contribution in [-0.2, 0) is 10.2 Å². The van der Waals surface area contributed by atoms with Gasteiger partial charge < -0.3 is 10.6 Å². The summed E-state index contributed by atoms with van der Waals surface area (Å²) in [5.41, 5.74) is 2.41. The number of likely N-dealkylation sites (N-methyl/N-ethyl adjacent to an activating group) is 1. The predicted molar refractivity (Wildman–Crippen MR) is 78.8 cm³/mol. The third-order valence-corrected chi connectivity index (χ3v) is 3.49. The van der Waals surface area contributed by atoms with E-state index in [0.29, 0.717) is 13.1 Å². The molecule has 1 amide bonds. The van der Waals surface area contributed by atoms with Crippen LogP contribution in [0, 0.1) is 6.92 Å². The molecule has 0 atom stereocenters. The number of nitrogens with one attached hydrogen (secondary N) is 2. The fourth-order valence-electron chi connectivity index (χ4n) is 1.96. The molecule has 0 aliphatic heterocycles. The van der Waals surface area contributed by atoms with Crippen LogP contribution >= 0.6 is 15.9 Å². The average molecular weight is 313 g/mol. The Kier molecular flexibility index (Phi) is 5.35. The lowest BCUT2D eigenvalue weighted by atomic mass is 9.82. The quantitative estimate of drug-likeness (QED) is 0.876. The molecule has 1 rings (SSSR count). The first-order valence-electron chi connectivity index (χ1n) is 6.05. The maximum Gasteiger partial charge on any atom is 0.233 e. The Morgan fingerprint density at radius 3 is 2.67 bits per heavy atom. The van der Waals surface area contributed by atoms with Crippen LogP contribution in [0.3, 0.4) is 0 Å². The lowest BCUT2D eigenvalue weighted by Crippen LogP contribution is -2.40. The standard InChI is InChI=1S/C14H21BrN2O/c1-10-5-6-11(15)7-12(10)14(2,3)9-17-13(18)8-16-4/h5-7,16H,8-9H2,1-4H3,(H,17,18). The molecule has 1 aromatic rings. The highest BCUT2D eigenvalue weighted by molar-refractivity contribution is 9.10. The number of benzene rings is 1. The highest BCUT2D eigenvalue weighted by Crippen LogP contribution is 2.28. The van der Waals surface area contributed by atoms with Gasteiger partial charge in [0.25, 0.3) is 0 Å². The molecule has 0 aliphatic carbocycles. The van der Waals surface area contributed by atoms with Crippen molar-refractivity contribution in [1.29, 1.82) is 0 Å². The van der Waals surface area contributed by atoms with E-state index in [0.717, 1.165) is 4.47 Å². The normalized spacial score (nSPS) is 11.4. The molecular weight excluding hydrogens is 292 g/mol. The van der Waals surface area contributed by atoms with Crippen LogP contribution in [-0.4, -0.2) is 26.0 Å². The van der Waals surface area contributed by atoms with Crippen LogP contribution in [0.4, 0.5) is 0 Å². The van der Waals surface area contributed by atoms with Gasteiger partial charge in [0.2, 0.25) is 5.91 Å². The van der Waals surface area contributed by atoms with E-state index in [-0.39, 0.29) is 11.3 Å². The zero-order valence-electron chi connectivity index (χ0n) is 11.4. The fourth-order valence-corrected chi connectivity index (χ4v) is 2.32. The van der Waals surface area contributed by atoms with Gasteiger partial charge in [0.15, 0.2) is 0 Å². The number of rotatable bonds is 5. The first-order chi connectivity index (χ1) is 8.36. The molecule has 2 N–H and O–H groups in total. The number of aryl methyl sites for hydroxylation is 1. The summed E-state index contributed by atoms with van der Waals surface area (Å²) in [4.78, 5) is 11.5. The summed E-state index contributed by atoms with van der Waals surface area (Å²) in [6, 6.07) is 6.25. The van der Waals surface area contributed by atoms with Gasteiger partial charge in [-0.15, -0.1) is 0 Å². The van der Waals surface area contributed by atoms with E-state index in [9.17, 15) is 4.79 Å². The van der Waals surface area contributed by atoms with Crippen molar-refractivity contribution in [3.63, 3.8) is 0 Å². The maximum atomic E-state index is 11.5. The molecule has 0 bridgehead atoms. The molecule has 0 fully saturated rings. The molecule has 0 radical (unpaired) electrons. The first-order valence-corrected chi connectivity index (χ1v) is 6.84. The number of halogens is 1. The van der Waals surface area contributed by atoms with Gasteiger partial charge in [-0.05, 0) is 37.2 Å². The Morgan fingerprint density at radius 2 is 2.06 bits per heavy atom. The van der Waals surface area contributed by atoms with Crippen LogP contribution in [0.5, 0.6) is 0 Å². The van der Waals surface area contributed by atoms with Gasteiger partial charge in [0.05, 0.1) is 6.54 Å². The van der Waals surface area contributed by atoms with Crippen molar-refractivity contribution in [3.8, 4) is 0 Å². The number of amides is 1. The van der Waals surface area contributed by atoms with Gasteiger partial charge in [-0.1, -0.05) is 35.8 Å². The lowest BCUT2D eigenvalue weighted by Gasteiger charge is -2.27. The van der Waals surface area contributed by atoms with E-state index in [2.05, 4.69) is 59.5 Å². The van der Waals surface area contributed by atoms with Crippen molar-refractivity contribution in [2.75, 3.05) is 20.1 Å². The maximum absolute atomic E-state index is 11.5. The lowest BCUT2D eigenvalue weighted by molar-refractivity contribution is -0.120. The number of hydrogen-bond acceptors (Lipinski definition) is 2. The van der Waals surface area contributed by atoms with Gasteiger partial charge >= 0.3 is 0 Å². The Balaban J connectivity index is 2.79. The molecule has 100 valence electrons. The SMILES string of the molecule is CNCC(=O)NCC(C)(C)c1cc(Br)ccc1C. The highest BCUT2D eigenvalue weighted by atomic mass is 79.9. The van der Waals surface area contributed by atoms with Crippen molar-refractivity contribution >= 4 is 21.8 Å². The number of hydrogen-bond donors (Lipinski definition) is 2. The van der Waals surface area contributed by atoms with Crippen molar-refractivity contribution < 1.29 is 4.79 Å². The first kappa shape index (κ1) is 15.2. The summed E-state index contributed by atoms with van der Waals surface area (Å²) in [5.74, 6) is 0.0261. The molecule has 1 aromatic carbocycles. The molecule has 0 saturated carbocycles. The second-order valence-corrected chi connectivity index (χ2v) is 6.07. The Bertz CT molecular complexity index is 430. The van der Waals surface area contributed by atoms with E-state index in [4.69, 9.17) is 0 Å². The predicted octanol–water partition coefficient (Wildman–Crippen LogP) is 2.37. The fraction of sp³-hybridized carbons (Fsp3) is 0.500. The van der Waals surface area contributed by atoms with Gasteiger partial charge in [0, 0.05) is 16.4 Å². The van der Waals surface area contributed by atoms with Crippen molar-refractivity contribution in [3.05, 3.63) is 33.8 Å². The van der Waals surface area contributed by atoms with Crippen molar-refractivity contribution in [1.82, 2.24) is 10.6 Å². The Hall–Kier alpha value is -0.870. The van der Waals surface area contributed by atoms with Crippen LogP contribution in [0.25, 0.3) is 0 Å². The second-order valence-electron chi connectivity index (χ2n) is 5.15. The minimum absolute atomic E-state index is 0.0261. The van der Waals surface area contributed by atoms with Crippen LogP contribution in [0.1, 0.15) is 25.0 Å². The number of carbonyl (C=O) groups is 1. The third kappa shape index (κ3) is 4.10. The smallest absolute Gasteiger partial charge is 0.233 e. The molecule has 0 aromatic heterocycles. The van der Waals surface area contributed by atoms with Gasteiger partial charge in [-0.3, -0.25) is 4.79 Å². The Labute approximate surface area is 117 Å². The molecule has 0 aliphatic rings. The minimum atomic E-state index is -0.0860. The summed E-state index contributed by atoms with van der Waals surface area (Å²) in [7, 11) is 1.77. The largest absolute Gasteiger partial charge is 0.354 e. The summed E-state index contributed by atoms with van der Waals surface area (Å²) >= 11 is 3.50. The van der Waals surface area contributed by atoms with Crippen LogP contribution < -0.4 is 10.6 Å². The molecular formula is C14H21BrN2O. The highest BCUT2D eigenvalue weighted by Gasteiger charge is 2.23. The Morgan fingerprint density at radius 1 is 1.39 bits per heavy atom. The summed E-state index contributed by atoms with van der Waals surface area (Å²) in [6.07, 6.45) is 0. The van der Waals surface area contributed by atoms with Gasteiger partial charge in [0.1, 0.15) is 0 Å². The zero-order valence-corrected chi connectivity index (χ0v) is 13.0. The molecule has 0 saturated heterocycles. The van der Waals surface area contributed by atoms with E-state index in [1.165, 1.54) is 11.1 Å². The second kappa shape index (κ2) is 6.34.